The monoisotopic (exact) mass is 618 g/mol. The molecule has 2 aliphatic rings. The van der Waals surface area contributed by atoms with Crippen molar-refractivity contribution in [3.05, 3.63) is 105 Å². The second kappa shape index (κ2) is 12.5. The number of aromatic nitrogens is 4. The van der Waals surface area contributed by atoms with Gasteiger partial charge in [-0.05, 0) is 38.6 Å². The average Bonchev–Trinajstić information content (AvgIpc) is 3.69. The van der Waals surface area contributed by atoms with E-state index in [1.807, 2.05) is 78.2 Å². The highest BCUT2D eigenvalue weighted by molar-refractivity contribution is 8.01. The van der Waals surface area contributed by atoms with E-state index in [1.54, 1.807) is 11.7 Å². The lowest BCUT2D eigenvalue weighted by atomic mass is 10.0. The number of β-lactam (4-membered cyclic amide) rings is 1. The van der Waals surface area contributed by atoms with Crippen LogP contribution >= 0.6 is 34.9 Å². The van der Waals surface area contributed by atoms with Crippen LogP contribution in [0, 0.1) is 0 Å². The number of hydrogen-bond acceptors (Lipinski definition) is 10. The van der Waals surface area contributed by atoms with Gasteiger partial charge in [-0.2, -0.15) is 0 Å². The maximum atomic E-state index is 14.0. The van der Waals surface area contributed by atoms with Gasteiger partial charge in [0.1, 0.15) is 17.1 Å². The largest absolute Gasteiger partial charge is 0.448 e. The number of aryl methyl sites for hydroxylation is 1. The first-order chi connectivity index (χ1) is 20.5. The van der Waals surface area contributed by atoms with E-state index < -0.39 is 23.5 Å². The van der Waals surface area contributed by atoms with Crippen LogP contribution in [-0.4, -0.2) is 65.8 Å². The van der Waals surface area contributed by atoms with Crippen molar-refractivity contribution in [3.8, 4) is 0 Å². The molecular formula is C29H26N6O4S3. The quantitative estimate of drug-likeness (QED) is 0.162. The van der Waals surface area contributed by atoms with E-state index in [-0.39, 0.29) is 23.9 Å². The summed E-state index contributed by atoms with van der Waals surface area (Å²) < 4.78 is 7.75. The van der Waals surface area contributed by atoms with Gasteiger partial charge in [-0.25, -0.2) is 9.48 Å². The molecule has 0 saturated carbocycles. The molecule has 0 unspecified atom stereocenters. The predicted octanol–water partition coefficient (Wildman–Crippen LogP) is 3.59. The van der Waals surface area contributed by atoms with E-state index in [0.717, 1.165) is 21.6 Å². The zero-order valence-corrected chi connectivity index (χ0v) is 24.9. The lowest BCUT2D eigenvalue weighted by Crippen LogP contribution is -2.70. The number of esters is 1. The molecular weight excluding hydrogens is 593 g/mol. The molecule has 4 aromatic rings. The fraction of sp³-hybridized carbons (Fsp3) is 0.241. The number of thioether (sulfide) groups is 2. The number of thiophene rings is 1. The van der Waals surface area contributed by atoms with Crippen LogP contribution in [0.25, 0.3) is 0 Å². The number of carbonyl (C=O) groups excluding carboxylic acids is 3. The van der Waals surface area contributed by atoms with Gasteiger partial charge in [0.2, 0.25) is 11.1 Å². The third-order valence-electron chi connectivity index (χ3n) is 6.86. The smallest absolute Gasteiger partial charge is 0.356 e. The Bertz CT molecular complexity index is 1570. The summed E-state index contributed by atoms with van der Waals surface area (Å²) in [7, 11) is 1.74. The van der Waals surface area contributed by atoms with Gasteiger partial charge in [0.05, 0.1) is 6.42 Å². The zero-order chi connectivity index (χ0) is 29.1. The molecule has 1 N–H and O–H groups in total. The lowest BCUT2D eigenvalue weighted by Gasteiger charge is -2.49. The molecule has 0 radical (unpaired) electrons. The van der Waals surface area contributed by atoms with Gasteiger partial charge < -0.3 is 10.1 Å². The third-order valence-corrected chi connectivity index (χ3v) is 10.2. The second-order valence-corrected chi connectivity index (χ2v) is 12.7. The lowest BCUT2D eigenvalue weighted by molar-refractivity contribution is -0.154. The van der Waals surface area contributed by atoms with Gasteiger partial charge in [-0.3, -0.25) is 14.5 Å². The summed E-state index contributed by atoms with van der Waals surface area (Å²) in [4.78, 5) is 42.7. The van der Waals surface area contributed by atoms with Gasteiger partial charge in [-0.1, -0.05) is 78.5 Å². The fourth-order valence-corrected chi connectivity index (χ4v) is 7.86. The summed E-state index contributed by atoms with van der Waals surface area (Å²) in [6, 6.07) is 22.1. The third kappa shape index (κ3) is 5.85. The molecule has 2 amide bonds. The first-order valence-electron chi connectivity index (χ1n) is 13.1. The molecule has 13 heteroatoms. The number of nitrogens with one attached hydrogen (secondary N) is 1. The molecule has 2 aliphatic heterocycles. The standard InChI is InChI=1S/C29H26N6O4S3/c1-34-29(31-32-33-34)42-17-20-16-41-27-23(30-22(36)15-21-13-8-14-40-21)26(37)35(27)24(20)28(38)39-25(18-9-4-2-5-10-18)19-11-6-3-7-12-19/h2-14,23,25,27H,15-17H2,1H3,(H,30,36)/t23-,27-/m1/s1. The minimum atomic E-state index is -0.721. The molecule has 214 valence electrons. The number of benzene rings is 2. The number of fused-ring (bicyclic) bond motifs is 1. The SMILES string of the molecule is Cn1nnnc1SCC1=C(C(=O)OC(c2ccccc2)c2ccccc2)N2C(=O)[C@@H](NC(=O)Cc3cccs3)[C@H]2SC1. The summed E-state index contributed by atoms with van der Waals surface area (Å²) in [6.07, 6.45) is -0.470. The van der Waals surface area contributed by atoms with E-state index in [4.69, 9.17) is 4.74 Å². The number of rotatable bonds is 10. The van der Waals surface area contributed by atoms with Gasteiger partial charge in [0.15, 0.2) is 6.10 Å². The van der Waals surface area contributed by atoms with Crippen molar-refractivity contribution in [2.24, 2.45) is 7.05 Å². The molecule has 1 fully saturated rings. The minimum Gasteiger partial charge on any atom is -0.448 e. The summed E-state index contributed by atoms with van der Waals surface area (Å²) in [5.41, 5.74) is 2.58. The number of carbonyl (C=O) groups is 3. The number of amides is 2. The van der Waals surface area contributed by atoms with Gasteiger partial charge in [0, 0.05) is 23.4 Å². The van der Waals surface area contributed by atoms with Crippen LogP contribution in [0.1, 0.15) is 22.1 Å². The minimum absolute atomic E-state index is 0.201. The number of tetrazole rings is 1. The first kappa shape index (κ1) is 28.2. The molecule has 2 aromatic heterocycles. The Morgan fingerprint density at radius 1 is 1.07 bits per heavy atom. The highest BCUT2D eigenvalue weighted by Crippen LogP contribution is 2.42. The Morgan fingerprint density at radius 3 is 2.40 bits per heavy atom. The highest BCUT2D eigenvalue weighted by Gasteiger charge is 2.54. The molecule has 0 bridgehead atoms. The van der Waals surface area contributed by atoms with E-state index >= 15 is 0 Å². The summed E-state index contributed by atoms with van der Waals surface area (Å²) in [5.74, 6) is -0.290. The maximum Gasteiger partial charge on any atom is 0.356 e. The van der Waals surface area contributed by atoms with Crippen molar-refractivity contribution in [2.75, 3.05) is 11.5 Å². The number of ether oxygens (including phenoxy) is 1. The van der Waals surface area contributed by atoms with Gasteiger partial charge >= 0.3 is 5.97 Å². The van der Waals surface area contributed by atoms with Crippen LogP contribution in [-0.2, 0) is 32.6 Å². The van der Waals surface area contributed by atoms with Crippen LogP contribution < -0.4 is 5.32 Å². The normalized spacial score (nSPS) is 18.0. The molecule has 4 heterocycles. The van der Waals surface area contributed by atoms with Crippen LogP contribution in [0.3, 0.4) is 0 Å². The van der Waals surface area contributed by atoms with E-state index in [2.05, 4.69) is 20.8 Å². The molecule has 0 spiro atoms. The van der Waals surface area contributed by atoms with Crippen molar-refractivity contribution in [1.29, 1.82) is 0 Å². The zero-order valence-electron chi connectivity index (χ0n) is 22.5. The van der Waals surface area contributed by atoms with Crippen LogP contribution in [0.2, 0.25) is 0 Å². The molecule has 2 atom stereocenters. The van der Waals surface area contributed by atoms with E-state index in [9.17, 15) is 14.4 Å². The average molecular weight is 619 g/mol. The van der Waals surface area contributed by atoms with Gasteiger partial charge in [0.25, 0.3) is 5.91 Å². The summed E-state index contributed by atoms with van der Waals surface area (Å²) in [6.45, 7) is 0. The Morgan fingerprint density at radius 2 is 1.79 bits per heavy atom. The molecule has 2 aromatic carbocycles. The van der Waals surface area contributed by atoms with Gasteiger partial charge in [-0.15, -0.1) is 28.2 Å². The Labute approximate surface area is 254 Å². The van der Waals surface area contributed by atoms with Crippen molar-refractivity contribution in [2.45, 2.75) is 29.1 Å². The Hall–Kier alpha value is -3.94. The predicted molar refractivity (Wildman–Crippen MR) is 160 cm³/mol. The number of hydrogen-bond donors (Lipinski definition) is 1. The summed E-state index contributed by atoms with van der Waals surface area (Å²) >= 11 is 4.38. The molecule has 42 heavy (non-hydrogen) atoms. The molecule has 6 rings (SSSR count). The Balaban J connectivity index is 1.27. The summed E-state index contributed by atoms with van der Waals surface area (Å²) in [5, 5.41) is 16.5. The van der Waals surface area contributed by atoms with E-state index in [0.29, 0.717) is 16.7 Å². The molecule has 10 nitrogen and oxygen atoms in total. The van der Waals surface area contributed by atoms with Crippen molar-refractivity contribution in [1.82, 2.24) is 30.4 Å². The highest BCUT2D eigenvalue weighted by atomic mass is 32.2. The van der Waals surface area contributed by atoms with Crippen LogP contribution in [0.4, 0.5) is 0 Å². The first-order valence-corrected chi connectivity index (χ1v) is 16.1. The Kier molecular flexibility index (Phi) is 8.40. The number of nitrogens with zero attached hydrogens (tertiary/aromatic N) is 5. The van der Waals surface area contributed by atoms with Crippen molar-refractivity contribution >= 4 is 52.6 Å². The second-order valence-electron chi connectivity index (χ2n) is 9.64. The molecule has 1 saturated heterocycles. The maximum absolute atomic E-state index is 14.0. The van der Waals surface area contributed by atoms with E-state index in [1.165, 1.54) is 39.8 Å². The van der Waals surface area contributed by atoms with Crippen molar-refractivity contribution in [3.63, 3.8) is 0 Å². The topological polar surface area (TPSA) is 119 Å². The van der Waals surface area contributed by atoms with Crippen LogP contribution in [0.15, 0.2) is 94.6 Å². The van der Waals surface area contributed by atoms with Crippen molar-refractivity contribution < 1.29 is 19.1 Å². The molecule has 0 aliphatic carbocycles. The fourth-order valence-electron chi connectivity index (χ4n) is 4.82. The van der Waals surface area contributed by atoms with Crippen LogP contribution in [0.5, 0.6) is 0 Å².